The van der Waals surface area contributed by atoms with Crippen LogP contribution in [0.2, 0.25) is 0 Å². The largest absolute Gasteiger partial charge is 0.354 e. The van der Waals surface area contributed by atoms with Gasteiger partial charge < -0.3 is 5.32 Å². The number of hydrogen-bond acceptors (Lipinski definition) is 1. The Morgan fingerprint density at radius 3 is 2.75 bits per heavy atom. The van der Waals surface area contributed by atoms with E-state index in [1.807, 2.05) is 6.92 Å². The average molecular weight is 227 g/mol. The quantitative estimate of drug-likeness (QED) is 0.789. The summed E-state index contributed by atoms with van der Waals surface area (Å²) in [6.45, 7) is 3.26. The van der Waals surface area contributed by atoms with Gasteiger partial charge in [0, 0.05) is 19.0 Å². The van der Waals surface area contributed by atoms with Crippen LogP contribution in [0.4, 0.5) is 8.78 Å². The number of carbonyl (C=O) groups is 1. The highest BCUT2D eigenvalue weighted by atomic mass is 19.1. The Hall–Kier alpha value is -1.45. The lowest BCUT2D eigenvalue weighted by atomic mass is 10.0. The first-order chi connectivity index (χ1) is 7.47. The topological polar surface area (TPSA) is 29.1 Å². The zero-order chi connectivity index (χ0) is 12.1. The lowest BCUT2D eigenvalue weighted by Crippen LogP contribution is -2.30. The fourth-order valence-electron chi connectivity index (χ4n) is 1.65. The van der Waals surface area contributed by atoms with Gasteiger partial charge in [-0.1, -0.05) is 5.57 Å². The van der Waals surface area contributed by atoms with Gasteiger partial charge in [-0.2, -0.15) is 0 Å². The first-order valence-electron chi connectivity index (χ1n) is 5.17. The van der Waals surface area contributed by atoms with E-state index in [0.717, 1.165) is 11.6 Å². The van der Waals surface area contributed by atoms with Crippen molar-refractivity contribution in [2.24, 2.45) is 0 Å². The second-order valence-corrected chi connectivity index (χ2v) is 3.93. The summed E-state index contributed by atoms with van der Waals surface area (Å²) in [5, 5.41) is 2.70. The van der Waals surface area contributed by atoms with E-state index >= 15 is 0 Å². The van der Waals surface area contributed by atoms with Crippen LogP contribution in [0.1, 0.15) is 26.7 Å². The van der Waals surface area contributed by atoms with Crippen LogP contribution in [0.3, 0.4) is 0 Å². The Balaban J connectivity index is 2.62. The van der Waals surface area contributed by atoms with Crippen molar-refractivity contribution >= 4 is 5.91 Å². The Morgan fingerprint density at radius 2 is 2.12 bits per heavy atom. The Morgan fingerprint density at radius 1 is 1.44 bits per heavy atom. The fourth-order valence-corrected chi connectivity index (χ4v) is 1.65. The van der Waals surface area contributed by atoms with Gasteiger partial charge in [-0.3, -0.25) is 4.79 Å². The molecule has 88 valence electrons. The monoisotopic (exact) mass is 227 g/mol. The van der Waals surface area contributed by atoms with Gasteiger partial charge in [0.25, 0.3) is 0 Å². The minimum absolute atomic E-state index is 0.0777. The predicted octanol–water partition coefficient (Wildman–Crippen LogP) is 2.94. The van der Waals surface area contributed by atoms with E-state index in [-0.39, 0.29) is 11.9 Å². The molecule has 1 aliphatic carbocycles. The van der Waals surface area contributed by atoms with Gasteiger partial charge >= 0.3 is 0 Å². The van der Waals surface area contributed by atoms with Crippen molar-refractivity contribution in [3.63, 3.8) is 0 Å². The van der Waals surface area contributed by atoms with Crippen LogP contribution in [-0.2, 0) is 4.79 Å². The maximum atomic E-state index is 13.1. The zero-order valence-electron chi connectivity index (χ0n) is 9.39. The molecule has 4 heteroatoms. The molecule has 1 rings (SSSR count). The third-order valence-corrected chi connectivity index (χ3v) is 2.20. The molecule has 0 saturated carbocycles. The van der Waals surface area contributed by atoms with Crippen molar-refractivity contribution < 1.29 is 13.6 Å². The van der Waals surface area contributed by atoms with Crippen molar-refractivity contribution in [1.82, 2.24) is 5.32 Å². The summed E-state index contributed by atoms with van der Waals surface area (Å²) in [7, 11) is 0. The van der Waals surface area contributed by atoms with Gasteiger partial charge in [0.2, 0.25) is 5.91 Å². The third-order valence-electron chi connectivity index (χ3n) is 2.20. The molecule has 0 fully saturated rings. The number of nitrogens with one attached hydrogen (secondary N) is 1. The summed E-state index contributed by atoms with van der Waals surface area (Å²) < 4.78 is 25.9. The number of amides is 1. The highest BCUT2D eigenvalue weighted by Gasteiger charge is 2.09. The number of hydrogen-bond donors (Lipinski definition) is 1. The summed E-state index contributed by atoms with van der Waals surface area (Å²) >= 11 is 0. The Kier molecular flexibility index (Phi) is 4.40. The molecule has 1 aliphatic rings. The van der Waals surface area contributed by atoms with Gasteiger partial charge in [0.15, 0.2) is 0 Å². The predicted molar refractivity (Wildman–Crippen MR) is 59.0 cm³/mol. The second kappa shape index (κ2) is 5.58. The molecule has 2 nitrogen and oxygen atoms in total. The van der Waals surface area contributed by atoms with E-state index in [4.69, 9.17) is 0 Å². The third kappa shape index (κ3) is 4.38. The van der Waals surface area contributed by atoms with Gasteiger partial charge in [-0.05, 0) is 31.9 Å². The average Bonchev–Trinajstić information content (AvgIpc) is 2.25. The molecule has 0 aromatic heterocycles. The van der Waals surface area contributed by atoms with Crippen molar-refractivity contribution in [3.05, 3.63) is 35.5 Å². The molecular formula is C12H15F2NO. The van der Waals surface area contributed by atoms with E-state index < -0.39 is 11.7 Å². The molecule has 1 N–H and O–H groups in total. The first-order valence-corrected chi connectivity index (χ1v) is 5.17. The molecule has 0 unspecified atom stereocenters. The molecule has 1 amide bonds. The van der Waals surface area contributed by atoms with E-state index in [0.29, 0.717) is 12.8 Å². The Bertz CT molecular complexity index is 369. The van der Waals surface area contributed by atoms with Crippen LogP contribution in [0.25, 0.3) is 0 Å². The zero-order valence-corrected chi connectivity index (χ0v) is 9.39. The summed E-state index contributed by atoms with van der Waals surface area (Å²) in [5.41, 5.74) is 0.766. The minimum atomic E-state index is -0.587. The van der Waals surface area contributed by atoms with Crippen LogP contribution in [0.5, 0.6) is 0 Å². The van der Waals surface area contributed by atoms with Crippen molar-refractivity contribution in [2.45, 2.75) is 32.7 Å². The summed E-state index contributed by atoms with van der Waals surface area (Å²) in [6, 6.07) is -0.0777. The SMILES string of the molecule is CC(=O)N[C@H](C)CC1=CC(F)=CC(F)=CC1. The molecule has 0 saturated heterocycles. The van der Waals surface area contributed by atoms with E-state index in [2.05, 4.69) is 5.32 Å². The fraction of sp³-hybridized carbons (Fsp3) is 0.417. The van der Waals surface area contributed by atoms with Crippen molar-refractivity contribution in [1.29, 1.82) is 0 Å². The van der Waals surface area contributed by atoms with Gasteiger partial charge in [-0.15, -0.1) is 0 Å². The summed E-state index contributed by atoms with van der Waals surface area (Å²) in [6.07, 6.45) is 4.40. The van der Waals surface area contributed by atoms with Gasteiger partial charge in [0.05, 0.1) is 0 Å². The van der Waals surface area contributed by atoms with Gasteiger partial charge in [-0.25, -0.2) is 8.78 Å². The van der Waals surface area contributed by atoms with Crippen LogP contribution < -0.4 is 5.32 Å². The maximum absolute atomic E-state index is 13.1. The molecule has 0 aromatic carbocycles. The van der Waals surface area contributed by atoms with Crippen LogP contribution in [0, 0.1) is 0 Å². The number of carbonyl (C=O) groups excluding carboxylic acids is 1. The lowest BCUT2D eigenvalue weighted by Gasteiger charge is -2.13. The minimum Gasteiger partial charge on any atom is -0.354 e. The van der Waals surface area contributed by atoms with Gasteiger partial charge in [0.1, 0.15) is 11.7 Å². The molecule has 16 heavy (non-hydrogen) atoms. The standard InChI is InChI=1S/C12H15F2NO/c1-8(15-9(2)16)5-10-3-4-11(13)7-12(14)6-10/h4,6-8H,3,5H2,1-2H3,(H,15,16)/t8-/m1/s1. The normalized spacial score (nSPS) is 17.9. The molecule has 0 aliphatic heterocycles. The smallest absolute Gasteiger partial charge is 0.217 e. The van der Waals surface area contributed by atoms with Crippen LogP contribution in [0.15, 0.2) is 35.5 Å². The summed E-state index contributed by atoms with van der Waals surface area (Å²) in [4.78, 5) is 10.8. The lowest BCUT2D eigenvalue weighted by molar-refractivity contribution is -0.119. The van der Waals surface area contributed by atoms with Crippen LogP contribution in [-0.4, -0.2) is 11.9 Å². The molecule has 0 heterocycles. The van der Waals surface area contributed by atoms with Crippen LogP contribution >= 0.6 is 0 Å². The highest BCUT2D eigenvalue weighted by Crippen LogP contribution is 2.21. The second-order valence-electron chi connectivity index (χ2n) is 3.93. The first kappa shape index (κ1) is 12.6. The van der Waals surface area contributed by atoms with Crippen molar-refractivity contribution in [3.8, 4) is 0 Å². The van der Waals surface area contributed by atoms with E-state index in [9.17, 15) is 13.6 Å². The number of halogens is 2. The molecule has 0 spiro atoms. The van der Waals surface area contributed by atoms with E-state index in [1.54, 1.807) is 0 Å². The molecule has 0 radical (unpaired) electrons. The van der Waals surface area contributed by atoms with E-state index in [1.165, 1.54) is 19.1 Å². The molecule has 0 aromatic rings. The maximum Gasteiger partial charge on any atom is 0.217 e. The number of rotatable bonds is 3. The Labute approximate surface area is 93.7 Å². The molecule has 0 bridgehead atoms. The van der Waals surface area contributed by atoms with Crippen molar-refractivity contribution in [2.75, 3.05) is 0 Å². The molecular weight excluding hydrogens is 212 g/mol. The molecule has 1 atom stereocenters. The summed E-state index contributed by atoms with van der Waals surface area (Å²) in [5.74, 6) is -1.27. The number of allylic oxidation sites excluding steroid dienone is 5. The highest BCUT2D eigenvalue weighted by molar-refractivity contribution is 5.73.